The van der Waals surface area contributed by atoms with E-state index in [1.807, 2.05) is 0 Å². The van der Waals surface area contributed by atoms with Crippen LogP contribution < -0.4 is 11.1 Å². The van der Waals surface area contributed by atoms with Gasteiger partial charge in [0.25, 0.3) is 0 Å². The maximum Gasteiger partial charge on any atom is 0.305 e. The Morgan fingerprint density at radius 2 is 1.86 bits per heavy atom. The molecule has 0 saturated heterocycles. The number of ether oxygens (including phenoxy) is 1. The van der Waals surface area contributed by atoms with Gasteiger partial charge in [-0.1, -0.05) is 0 Å². The zero-order valence-corrected chi connectivity index (χ0v) is 12.4. The summed E-state index contributed by atoms with van der Waals surface area (Å²) in [6.07, 6.45) is 6.09. The van der Waals surface area contributed by atoms with Crippen LogP contribution in [0.3, 0.4) is 0 Å². The van der Waals surface area contributed by atoms with Crippen molar-refractivity contribution in [3.05, 3.63) is 0 Å². The molecule has 3 saturated carbocycles. The summed E-state index contributed by atoms with van der Waals surface area (Å²) in [5.41, 5.74) is 5.11. The van der Waals surface area contributed by atoms with Gasteiger partial charge in [0, 0.05) is 7.11 Å². The number of carbonyl (C=O) groups is 2. The minimum Gasteiger partial charge on any atom is -0.481 e. The van der Waals surface area contributed by atoms with Gasteiger partial charge in [-0.15, -0.1) is 0 Å². The van der Waals surface area contributed by atoms with Crippen molar-refractivity contribution in [1.82, 2.24) is 5.32 Å². The van der Waals surface area contributed by atoms with Crippen LogP contribution in [-0.4, -0.2) is 41.3 Å². The van der Waals surface area contributed by atoms with Crippen molar-refractivity contribution < 1.29 is 19.4 Å². The van der Waals surface area contributed by atoms with Gasteiger partial charge in [-0.2, -0.15) is 0 Å². The van der Waals surface area contributed by atoms with Crippen molar-refractivity contribution in [1.29, 1.82) is 0 Å². The Bertz CT molecular complexity index is 441. The molecule has 1 amide bonds. The van der Waals surface area contributed by atoms with Gasteiger partial charge < -0.3 is 20.9 Å². The lowest BCUT2D eigenvalue weighted by atomic mass is 9.80. The Kier molecular flexibility index (Phi) is 3.48. The fourth-order valence-corrected chi connectivity index (χ4v) is 4.02. The SMILES string of the molecule is COC(C1CC1)(C1CC1)C1(NC(=O)[C@@H](N)CC(=O)O)CC1. The summed E-state index contributed by atoms with van der Waals surface area (Å²) in [6.45, 7) is 0. The fourth-order valence-electron chi connectivity index (χ4n) is 4.02. The Morgan fingerprint density at radius 1 is 1.33 bits per heavy atom. The van der Waals surface area contributed by atoms with Gasteiger partial charge in [0.05, 0.1) is 23.6 Å². The van der Waals surface area contributed by atoms with E-state index in [1.165, 1.54) is 0 Å². The first-order valence-electron chi connectivity index (χ1n) is 7.80. The highest BCUT2D eigenvalue weighted by atomic mass is 16.5. The molecule has 0 spiro atoms. The van der Waals surface area contributed by atoms with Gasteiger partial charge in [-0.05, 0) is 50.4 Å². The highest BCUT2D eigenvalue weighted by molar-refractivity contribution is 5.86. The number of nitrogens with two attached hydrogens (primary N) is 1. The fraction of sp³-hybridized carbons (Fsp3) is 0.867. The maximum atomic E-state index is 12.2. The molecule has 0 aromatic rings. The predicted molar refractivity (Wildman–Crippen MR) is 75.5 cm³/mol. The molecule has 4 N–H and O–H groups in total. The zero-order chi connectivity index (χ0) is 15.3. The minimum atomic E-state index is -1.05. The Morgan fingerprint density at radius 3 is 2.19 bits per heavy atom. The highest BCUT2D eigenvalue weighted by Gasteiger charge is 2.70. The number of rotatable bonds is 8. The average Bonchev–Trinajstić information content (AvgIpc) is 3.23. The van der Waals surface area contributed by atoms with E-state index in [4.69, 9.17) is 15.6 Å². The molecule has 6 nitrogen and oxygen atoms in total. The van der Waals surface area contributed by atoms with E-state index in [2.05, 4.69) is 5.32 Å². The van der Waals surface area contributed by atoms with Gasteiger partial charge in [0.2, 0.25) is 5.91 Å². The first-order chi connectivity index (χ1) is 9.95. The Hall–Kier alpha value is -1.14. The van der Waals surface area contributed by atoms with E-state index in [-0.39, 0.29) is 23.5 Å². The van der Waals surface area contributed by atoms with Crippen LogP contribution in [0.15, 0.2) is 0 Å². The first kappa shape index (κ1) is 14.8. The van der Waals surface area contributed by atoms with Crippen molar-refractivity contribution in [3.63, 3.8) is 0 Å². The number of carboxylic acid groups (broad SMARTS) is 1. The molecule has 0 radical (unpaired) electrons. The van der Waals surface area contributed by atoms with Gasteiger partial charge in [0.1, 0.15) is 0 Å². The van der Waals surface area contributed by atoms with Crippen molar-refractivity contribution in [2.45, 2.75) is 62.1 Å². The Balaban J connectivity index is 1.74. The number of carbonyl (C=O) groups excluding carboxylic acids is 1. The molecule has 3 aliphatic carbocycles. The van der Waals surface area contributed by atoms with Gasteiger partial charge in [-0.3, -0.25) is 9.59 Å². The third kappa shape index (κ3) is 2.44. The summed E-state index contributed by atoms with van der Waals surface area (Å²) < 4.78 is 6.00. The van der Waals surface area contributed by atoms with E-state index < -0.39 is 12.0 Å². The second kappa shape index (κ2) is 4.95. The van der Waals surface area contributed by atoms with Gasteiger partial charge >= 0.3 is 5.97 Å². The van der Waals surface area contributed by atoms with E-state index >= 15 is 0 Å². The molecular formula is C15H24N2O4. The molecule has 0 bridgehead atoms. The van der Waals surface area contributed by atoms with Crippen molar-refractivity contribution in [3.8, 4) is 0 Å². The molecule has 0 aliphatic heterocycles. The van der Waals surface area contributed by atoms with Crippen LogP contribution in [-0.2, 0) is 14.3 Å². The van der Waals surface area contributed by atoms with E-state index in [0.717, 1.165) is 38.5 Å². The van der Waals surface area contributed by atoms with Crippen LogP contribution in [0.5, 0.6) is 0 Å². The third-order valence-electron chi connectivity index (χ3n) is 5.30. The zero-order valence-electron chi connectivity index (χ0n) is 12.4. The molecule has 1 atom stereocenters. The standard InChI is InChI=1S/C15H24N2O4/c1-21-15(9-2-3-9,10-4-5-10)14(6-7-14)17-13(20)11(16)8-12(18)19/h9-11H,2-8,16H2,1H3,(H,17,20)(H,18,19)/t11-/m0/s1. The number of hydrogen-bond acceptors (Lipinski definition) is 4. The van der Waals surface area contributed by atoms with Crippen LogP contribution in [0.4, 0.5) is 0 Å². The number of carboxylic acids is 1. The molecule has 3 fully saturated rings. The summed E-state index contributed by atoms with van der Waals surface area (Å²) in [6, 6.07) is -0.993. The normalized spacial score (nSPS) is 25.2. The molecule has 21 heavy (non-hydrogen) atoms. The monoisotopic (exact) mass is 296 g/mol. The molecular weight excluding hydrogens is 272 g/mol. The van der Waals surface area contributed by atoms with Crippen LogP contribution >= 0.6 is 0 Å². The van der Waals surface area contributed by atoms with E-state index in [0.29, 0.717) is 11.8 Å². The van der Waals surface area contributed by atoms with Crippen LogP contribution in [0.1, 0.15) is 44.9 Å². The summed E-state index contributed by atoms with van der Waals surface area (Å²) in [4.78, 5) is 22.9. The molecule has 6 heteroatoms. The second-order valence-electron chi connectivity index (χ2n) is 6.82. The van der Waals surface area contributed by atoms with Crippen LogP contribution in [0.2, 0.25) is 0 Å². The molecule has 0 unspecified atom stereocenters. The average molecular weight is 296 g/mol. The molecule has 0 heterocycles. The summed E-state index contributed by atoms with van der Waals surface area (Å²) in [5, 5.41) is 11.8. The van der Waals surface area contributed by atoms with Gasteiger partial charge in [0.15, 0.2) is 0 Å². The molecule has 0 aromatic carbocycles. The number of hydrogen-bond donors (Lipinski definition) is 3. The maximum absolute atomic E-state index is 12.2. The minimum absolute atomic E-state index is 0.258. The molecule has 118 valence electrons. The highest BCUT2D eigenvalue weighted by Crippen LogP contribution is 2.64. The largest absolute Gasteiger partial charge is 0.481 e. The summed E-state index contributed by atoms with van der Waals surface area (Å²) in [7, 11) is 1.75. The van der Waals surface area contributed by atoms with Crippen LogP contribution in [0, 0.1) is 11.8 Å². The van der Waals surface area contributed by atoms with E-state index in [9.17, 15) is 9.59 Å². The van der Waals surface area contributed by atoms with Crippen molar-refractivity contribution in [2.24, 2.45) is 17.6 Å². The van der Waals surface area contributed by atoms with E-state index in [1.54, 1.807) is 7.11 Å². The second-order valence-corrected chi connectivity index (χ2v) is 6.82. The Labute approximate surface area is 124 Å². The lowest BCUT2D eigenvalue weighted by molar-refractivity contribution is -0.141. The van der Waals surface area contributed by atoms with Crippen molar-refractivity contribution >= 4 is 11.9 Å². The number of amides is 1. The number of aliphatic carboxylic acids is 1. The smallest absolute Gasteiger partial charge is 0.305 e. The van der Waals surface area contributed by atoms with Gasteiger partial charge in [-0.25, -0.2) is 0 Å². The lowest BCUT2D eigenvalue weighted by Crippen LogP contribution is -2.61. The predicted octanol–water partition coefficient (Wildman–Crippen LogP) is 0.642. The topological polar surface area (TPSA) is 102 Å². The molecule has 3 rings (SSSR count). The lowest BCUT2D eigenvalue weighted by Gasteiger charge is -2.42. The third-order valence-corrected chi connectivity index (χ3v) is 5.30. The molecule has 3 aliphatic rings. The summed E-state index contributed by atoms with van der Waals surface area (Å²) >= 11 is 0. The molecule has 0 aromatic heterocycles. The number of methoxy groups -OCH3 is 1. The van der Waals surface area contributed by atoms with Crippen molar-refractivity contribution in [2.75, 3.05) is 7.11 Å². The van der Waals surface area contributed by atoms with Crippen LogP contribution in [0.25, 0.3) is 0 Å². The number of nitrogens with one attached hydrogen (secondary N) is 1. The quantitative estimate of drug-likeness (QED) is 0.610. The first-order valence-corrected chi connectivity index (χ1v) is 7.80. The summed E-state index contributed by atoms with van der Waals surface area (Å²) in [5.74, 6) is -0.371.